The largest absolute Gasteiger partial charge is 0.324 e. The fraction of sp³-hybridized carbons (Fsp3) is 0.385. The number of carbonyl (C=O) groups excluding carboxylic acids is 1. The molecular formula is C13H16ClN3O. The first-order valence-electron chi connectivity index (χ1n) is 5.65. The van der Waals surface area contributed by atoms with Crippen molar-refractivity contribution >= 4 is 23.2 Å². The topological polar surface area (TPSA) is 56.1 Å². The highest BCUT2D eigenvalue weighted by Gasteiger charge is 2.10. The van der Waals surface area contributed by atoms with Crippen molar-refractivity contribution in [2.75, 3.05) is 25.5 Å². The fourth-order valence-electron chi connectivity index (χ4n) is 1.57. The highest BCUT2D eigenvalue weighted by atomic mass is 35.5. The Morgan fingerprint density at radius 2 is 2.22 bits per heavy atom. The van der Waals surface area contributed by atoms with E-state index in [2.05, 4.69) is 11.4 Å². The second kappa shape index (κ2) is 7.00. The Labute approximate surface area is 112 Å². The van der Waals surface area contributed by atoms with Crippen LogP contribution in [0.5, 0.6) is 0 Å². The molecule has 96 valence electrons. The molecule has 0 aromatic heterocycles. The van der Waals surface area contributed by atoms with E-state index in [1.54, 1.807) is 30.1 Å². The van der Waals surface area contributed by atoms with Gasteiger partial charge in [-0.3, -0.25) is 9.69 Å². The minimum absolute atomic E-state index is 0.0943. The molecule has 1 aromatic carbocycles. The predicted octanol–water partition coefficient (Wildman–Crippen LogP) is 2.37. The zero-order valence-corrected chi connectivity index (χ0v) is 11.2. The van der Waals surface area contributed by atoms with Gasteiger partial charge in [-0.1, -0.05) is 23.7 Å². The van der Waals surface area contributed by atoms with E-state index >= 15 is 0 Å². The zero-order chi connectivity index (χ0) is 13.5. The van der Waals surface area contributed by atoms with Crippen LogP contribution in [0, 0.1) is 17.2 Å². The minimum atomic E-state index is -0.143. The molecule has 0 saturated carbocycles. The summed E-state index contributed by atoms with van der Waals surface area (Å²) in [5.74, 6) is -0.237. The van der Waals surface area contributed by atoms with E-state index in [0.717, 1.165) is 0 Å². The van der Waals surface area contributed by atoms with E-state index in [4.69, 9.17) is 16.9 Å². The van der Waals surface area contributed by atoms with Gasteiger partial charge in [0.2, 0.25) is 5.91 Å². The molecule has 0 radical (unpaired) electrons. The number of hydrogen-bond acceptors (Lipinski definition) is 3. The van der Waals surface area contributed by atoms with Crippen LogP contribution in [0.25, 0.3) is 0 Å². The molecule has 0 aliphatic heterocycles. The summed E-state index contributed by atoms with van der Waals surface area (Å²) in [5.41, 5.74) is 0.603. The molecule has 1 N–H and O–H groups in total. The molecule has 18 heavy (non-hydrogen) atoms. The summed E-state index contributed by atoms with van der Waals surface area (Å²) >= 11 is 5.94. The lowest BCUT2D eigenvalue weighted by molar-refractivity contribution is -0.117. The van der Waals surface area contributed by atoms with Crippen LogP contribution >= 0.6 is 11.6 Å². The van der Waals surface area contributed by atoms with Gasteiger partial charge in [-0.25, -0.2) is 0 Å². The van der Waals surface area contributed by atoms with E-state index in [9.17, 15) is 4.79 Å². The smallest absolute Gasteiger partial charge is 0.238 e. The molecule has 1 amide bonds. The van der Waals surface area contributed by atoms with Crippen molar-refractivity contribution in [1.82, 2.24) is 4.90 Å². The fourth-order valence-corrected chi connectivity index (χ4v) is 1.75. The van der Waals surface area contributed by atoms with Crippen LogP contribution in [-0.2, 0) is 4.79 Å². The van der Waals surface area contributed by atoms with Gasteiger partial charge in [0.05, 0.1) is 29.2 Å². The zero-order valence-electron chi connectivity index (χ0n) is 10.5. The third-order valence-corrected chi connectivity index (χ3v) is 2.70. The van der Waals surface area contributed by atoms with Crippen LogP contribution in [0.1, 0.15) is 6.92 Å². The maximum Gasteiger partial charge on any atom is 0.238 e. The predicted molar refractivity (Wildman–Crippen MR) is 72.4 cm³/mol. The molecule has 0 bridgehead atoms. The Balaban J connectivity index is 2.48. The Morgan fingerprint density at radius 1 is 1.56 bits per heavy atom. The number of carbonyl (C=O) groups is 1. The summed E-state index contributed by atoms with van der Waals surface area (Å²) in [5, 5.41) is 11.9. The Hall–Kier alpha value is -1.57. The van der Waals surface area contributed by atoms with Crippen LogP contribution in [0.3, 0.4) is 0 Å². The standard InChI is InChI=1S/C13H16ClN3O/c1-10(7-15)8-17(2)9-13(18)16-12-6-4-3-5-11(12)14/h3-6,10H,8-9H2,1-2H3,(H,16,18)/t10-/m1/s1. The summed E-state index contributed by atoms with van der Waals surface area (Å²) in [6.45, 7) is 2.62. The average molecular weight is 266 g/mol. The molecule has 0 unspecified atom stereocenters. The summed E-state index contributed by atoms with van der Waals surface area (Å²) in [6, 6.07) is 9.22. The molecule has 1 atom stereocenters. The quantitative estimate of drug-likeness (QED) is 0.889. The molecule has 0 spiro atoms. The van der Waals surface area contributed by atoms with Crippen LogP contribution in [0.15, 0.2) is 24.3 Å². The second-order valence-corrected chi connectivity index (χ2v) is 4.66. The van der Waals surface area contributed by atoms with E-state index in [0.29, 0.717) is 17.3 Å². The van der Waals surface area contributed by atoms with Crippen molar-refractivity contribution in [3.8, 4) is 6.07 Å². The van der Waals surface area contributed by atoms with E-state index < -0.39 is 0 Å². The van der Waals surface area contributed by atoms with Gasteiger partial charge in [0.25, 0.3) is 0 Å². The number of amides is 1. The summed E-state index contributed by atoms with van der Waals surface area (Å²) < 4.78 is 0. The number of halogens is 1. The van der Waals surface area contributed by atoms with Gasteiger partial charge < -0.3 is 5.32 Å². The van der Waals surface area contributed by atoms with Crippen LogP contribution in [-0.4, -0.2) is 30.9 Å². The first-order valence-corrected chi connectivity index (χ1v) is 6.03. The van der Waals surface area contributed by atoms with Crippen molar-refractivity contribution in [1.29, 1.82) is 5.26 Å². The number of likely N-dealkylation sites (N-methyl/N-ethyl adjacent to an activating group) is 1. The first kappa shape index (κ1) is 14.5. The Morgan fingerprint density at radius 3 is 2.83 bits per heavy atom. The van der Waals surface area contributed by atoms with Gasteiger partial charge in [0, 0.05) is 6.54 Å². The van der Waals surface area contributed by atoms with Crippen molar-refractivity contribution in [3.05, 3.63) is 29.3 Å². The average Bonchev–Trinajstić information content (AvgIpc) is 2.31. The van der Waals surface area contributed by atoms with Crippen molar-refractivity contribution in [2.45, 2.75) is 6.92 Å². The second-order valence-electron chi connectivity index (χ2n) is 4.25. The molecule has 0 aliphatic carbocycles. The molecule has 0 heterocycles. The lowest BCUT2D eigenvalue weighted by Crippen LogP contribution is -2.32. The van der Waals surface area contributed by atoms with Gasteiger partial charge in [0.15, 0.2) is 0 Å². The monoisotopic (exact) mass is 265 g/mol. The molecule has 0 saturated heterocycles. The molecular weight excluding hydrogens is 250 g/mol. The van der Waals surface area contributed by atoms with Gasteiger partial charge >= 0.3 is 0 Å². The number of nitrogens with zero attached hydrogens (tertiary/aromatic N) is 2. The normalized spacial score (nSPS) is 11.9. The van der Waals surface area contributed by atoms with Crippen molar-refractivity contribution in [3.63, 3.8) is 0 Å². The Bertz CT molecular complexity index is 456. The maximum atomic E-state index is 11.8. The maximum absolute atomic E-state index is 11.8. The number of rotatable bonds is 5. The van der Waals surface area contributed by atoms with Gasteiger partial charge in [-0.2, -0.15) is 5.26 Å². The third kappa shape index (κ3) is 4.74. The van der Waals surface area contributed by atoms with Crippen LogP contribution < -0.4 is 5.32 Å². The van der Waals surface area contributed by atoms with E-state index in [-0.39, 0.29) is 18.4 Å². The Kier molecular flexibility index (Phi) is 5.63. The molecule has 1 aromatic rings. The van der Waals surface area contributed by atoms with Gasteiger partial charge in [-0.05, 0) is 26.1 Å². The number of anilines is 1. The summed E-state index contributed by atoms with van der Waals surface area (Å²) in [4.78, 5) is 13.6. The number of nitriles is 1. The highest BCUT2D eigenvalue weighted by Crippen LogP contribution is 2.20. The third-order valence-electron chi connectivity index (χ3n) is 2.37. The number of hydrogen-bond donors (Lipinski definition) is 1. The van der Waals surface area contributed by atoms with Crippen LogP contribution in [0.4, 0.5) is 5.69 Å². The van der Waals surface area contributed by atoms with Gasteiger partial charge in [0.1, 0.15) is 0 Å². The number of para-hydroxylation sites is 1. The molecule has 4 nitrogen and oxygen atoms in total. The SMILES string of the molecule is C[C@H](C#N)CN(C)CC(=O)Nc1ccccc1Cl. The van der Waals surface area contributed by atoms with Gasteiger partial charge in [-0.15, -0.1) is 0 Å². The number of benzene rings is 1. The minimum Gasteiger partial charge on any atom is -0.324 e. The highest BCUT2D eigenvalue weighted by molar-refractivity contribution is 6.33. The molecule has 0 fully saturated rings. The lowest BCUT2D eigenvalue weighted by Gasteiger charge is -2.17. The van der Waals surface area contributed by atoms with Crippen molar-refractivity contribution < 1.29 is 4.79 Å². The molecule has 1 rings (SSSR count). The summed E-state index contributed by atoms with van der Waals surface area (Å²) in [6.07, 6.45) is 0. The number of nitrogens with one attached hydrogen (secondary N) is 1. The van der Waals surface area contributed by atoms with Crippen molar-refractivity contribution in [2.24, 2.45) is 5.92 Å². The molecule has 0 aliphatic rings. The molecule has 5 heteroatoms. The van der Waals surface area contributed by atoms with E-state index in [1.165, 1.54) is 0 Å². The van der Waals surface area contributed by atoms with Crippen LogP contribution in [0.2, 0.25) is 5.02 Å². The lowest BCUT2D eigenvalue weighted by atomic mass is 10.2. The first-order chi connectivity index (χ1) is 8.52. The summed E-state index contributed by atoms with van der Waals surface area (Å²) in [7, 11) is 1.81. The van der Waals surface area contributed by atoms with E-state index in [1.807, 2.05) is 13.0 Å².